The molecule has 0 bridgehead atoms. The van der Waals surface area contributed by atoms with Gasteiger partial charge in [0.15, 0.2) is 0 Å². The predicted molar refractivity (Wildman–Crippen MR) is 63.8 cm³/mol. The van der Waals surface area contributed by atoms with Crippen LogP contribution in [0.3, 0.4) is 0 Å². The monoisotopic (exact) mass is 254 g/mol. The van der Waals surface area contributed by atoms with Gasteiger partial charge in [0, 0.05) is 0 Å². The minimum Gasteiger partial charge on any atom is -0.499 e. The number of hydrogen-bond donors (Lipinski definition) is 0. The summed E-state index contributed by atoms with van der Waals surface area (Å²) in [5, 5.41) is 0. The quantitative estimate of drug-likeness (QED) is 0.751. The molecule has 0 aromatic heterocycles. The Hall–Kier alpha value is 0.266. The van der Waals surface area contributed by atoms with Crippen LogP contribution in [-0.2, 0) is 0 Å². The summed E-state index contributed by atoms with van der Waals surface area (Å²) in [4.78, 5) is 0. The number of rotatable bonds is 4. The Balaban J connectivity index is 0.00000144. The van der Waals surface area contributed by atoms with Crippen LogP contribution in [0.25, 0.3) is 0 Å². The van der Waals surface area contributed by atoms with Crippen molar-refractivity contribution in [2.24, 2.45) is 0 Å². The SMILES string of the molecule is Br.CC[CH2][Mg][c]1ccccc1OC. The third-order valence-electron chi connectivity index (χ3n) is 1.99. The van der Waals surface area contributed by atoms with Crippen LogP contribution in [0, 0.1) is 0 Å². The third kappa shape index (κ3) is 4.34. The summed E-state index contributed by atoms with van der Waals surface area (Å²) in [7, 11) is 1.75. The molecule has 0 fully saturated rings. The van der Waals surface area contributed by atoms with E-state index in [9.17, 15) is 0 Å². The molecule has 0 aliphatic carbocycles. The number of para-hydroxylation sites is 1. The summed E-state index contributed by atoms with van der Waals surface area (Å²) in [6.45, 7) is 2.24. The number of hydrogen-bond acceptors (Lipinski definition) is 1. The second-order valence-corrected chi connectivity index (χ2v) is 4.88. The fraction of sp³-hybridized carbons (Fsp3) is 0.400. The molecule has 0 radical (unpaired) electrons. The maximum atomic E-state index is 5.28. The first-order valence-electron chi connectivity index (χ1n) is 4.50. The molecule has 0 unspecified atom stereocenters. The summed E-state index contributed by atoms with van der Waals surface area (Å²) >= 11 is -0.0763. The summed E-state index contributed by atoms with van der Waals surface area (Å²) < 4.78 is 8.11. The second kappa shape index (κ2) is 7.65. The van der Waals surface area contributed by atoms with Crippen molar-refractivity contribution in [2.75, 3.05) is 7.11 Å². The van der Waals surface area contributed by atoms with Crippen LogP contribution in [0.4, 0.5) is 0 Å². The predicted octanol–water partition coefficient (Wildman–Crippen LogP) is 2.43. The average molecular weight is 255 g/mol. The van der Waals surface area contributed by atoms with E-state index in [0.29, 0.717) is 0 Å². The van der Waals surface area contributed by atoms with E-state index >= 15 is 0 Å². The van der Waals surface area contributed by atoms with Crippen molar-refractivity contribution >= 4 is 41.0 Å². The lowest BCUT2D eigenvalue weighted by molar-refractivity contribution is 0.418. The van der Waals surface area contributed by atoms with E-state index in [1.807, 2.05) is 6.07 Å². The molecule has 1 rings (SSSR count). The number of benzene rings is 1. The maximum Gasteiger partial charge on any atom is 0.414 e. The largest absolute Gasteiger partial charge is 0.499 e. The van der Waals surface area contributed by atoms with Crippen molar-refractivity contribution in [2.45, 2.75) is 17.9 Å². The first-order chi connectivity index (χ1) is 5.88. The van der Waals surface area contributed by atoms with Crippen molar-refractivity contribution < 1.29 is 4.74 Å². The van der Waals surface area contributed by atoms with Crippen LogP contribution in [0.1, 0.15) is 13.3 Å². The van der Waals surface area contributed by atoms with Crippen molar-refractivity contribution in [3.8, 4) is 5.75 Å². The molecule has 0 heterocycles. The number of methoxy groups -OCH3 is 1. The maximum absolute atomic E-state index is 5.28. The Morgan fingerprint density at radius 1 is 1.31 bits per heavy atom. The summed E-state index contributed by atoms with van der Waals surface area (Å²) in [6, 6.07) is 8.38. The van der Waals surface area contributed by atoms with Gasteiger partial charge >= 0.3 is 20.4 Å². The van der Waals surface area contributed by atoms with Crippen molar-refractivity contribution in [3.05, 3.63) is 24.3 Å². The van der Waals surface area contributed by atoms with Crippen molar-refractivity contribution in [1.82, 2.24) is 0 Å². The third-order valence-corrected chi connectivity index (χ3v) is 4.18. The minimum atomic E-state index is -0.0763. The Bertz CT molecular complexity index is 240. The Morgan fingerprint density at radius 3 is 2.62 bits per heavy atom. The molecule has 0 spiro atoms. The fourth-order valence-electron chi connectivity index (χ4n) is 1.28. The van der Waals surface area contributed by atoms with Crippen LogP contribution in [0.15, 0.2) is 24.3 Å². The van der Waals surface area contributed by atoms with E-state index < -0.39 is 0 Å². The molecule has 0 atom stereocenters. The molecule has 0 saturated carbocycles. The zero-order valence-electron chi connectivity index (χ0n) is 8.25. The normalized spacial score (nSPS) is 8.46. The van der Waals surface area contributed by atoms with Gasteiger partial charge in [-0.15, -0.1) is 25.2 Å². The van der Waals surface area contributed by atoms with Gasteiger partial charge in [-0.05, 0) is 6.07 Å². The molecular weight excluding hydrogens is 240 g/mol. The zero-order valence-corrected chi connectivity index (χ0v) is 11.4. The lowest BCUT2D eigenvalue weighted by atomic mass is 10.3. The lowest BCUT2D eigenvalue weighted by Crippen LogP contribution is -2.15. The summed E-state index contributed by atoms with van der Waals surface area (Å²) in [5.41, 5.74) is 0. The Kier molecular flexibility index (Phi) is 7.81. The first-order valence-corrected chi connectivity index (χ1v) is 6.21. The van der Waals surface area contributed by atoms with Crippen LogP contribution >= 0.6 is 17.0 Å². The van der Waals surface area contributed by atoms with E-state index in [-0.39, 0.29) is 37.3 Å². The smallest absolute Gasteiger partial charge is 0.414 e. The first kappa shape index (κ1) is 13.3. The van der Waals surface area contributed by atoms with E-state index in [1.165, 1.54) is 14.7 Å². The van der Waals surface area contributed by atoms with E-state index in [1.54, 1.807) is 7.11 Å². The fourth-order valence-corrected chi connectivity index (χ4v) is 2.82. The second-order valence-electron chi connectivity index (χ2n) is 2.92. The van der Waals surface area contributed by atoms with Crippen LogP contribution in [0.5, 0.6) is 5.75 Å². The lowest BCUT2D eigenvalue weighted by Gasteiger charge is -2.06. The van der Waals surface area contributed by atoms with Gasteiger partial charge in [0.05, 0.1) is 12.9 Å². The minimum absolute atomic E-state index is 0. The molecule has 0 aliphatic rings. The van der Waals surface area contributed by atoms with Crippen LogP contribution in [0.2, 0.25) is 4.55 Å². The van der Waals surface area contributed by atoms with Crippen molar-refractivity contribution in [1.29, 1.82) is 0 Å². The van der Waals surface area contributed by atoms with Gasteiger partial charge in [0.2, 0.25) is 0 Å². The average Bonchev–Trinajstić information content (AvgIpc) is 2.15. The van der Waals surface area contributed by atoms with E-state index in [0.717, 1.165) is 5.75 Å². The molecule has 1 aromatic rings. The highest BCUT2D eigenvalue weighted by atomic mass is 79.9. The van der Waals surface area contributed by atoms with Gasteiger partial charge in [0.25, 0.3) is 0 Å². The highest BCUT2D eigenvalue weighted by molar-refractivity contribution is 8.93. The highest BCUT2D eigenvalue weighted by Crippen LogP contribution is 2.05. The molecule has 3 heteroatoms. The molecule has 0 amide bonds. The number of halogens is 1. The van der Waals surface area contributed by atoms with Gasteiger partial charge in [-0.2, -0.15) is 0 Å². The van der Waals surface area contributed by atoms with Gasteiger partial charge in [-0.3, -0.25) is 0 Å². The van der Waals surface area contributed by atoms with Crippen LogP contribution < -0.4 is 8.43 Å². The molecule has 13 heavy (non-hydrogen) atoms. The Labute approximate surface area is 100 Å². The van der Waals surface area contributed by atoms with E-state index in [2.05, 4.69) is 25.1 Å². The molecule has 1 nitrogen and oxygen atoms in total. The molecule has 0 aliphatic heterocycles. The van der Waals surface area contributed by atoms with Gasteiger partial charge in [-0.25, -0.2) is 0 Å². The topological polar surface area (TPSA) is 9.23 Å². The zero-order chi connectivity index (χ0) is 8.81. The Morgan fingerprint density at radius 2 is 2.00 bits per heavy atom. The van der Waals surface area contributed by atoms with Gasteiger partial charge < -0.3 is 4.74 Å². The molecule has 70 valence electrons. The standard InChI is InChI=1S/C7H7O.C3H7.BrH.Mg/c1-8-7-5-3-2-4-6-7;1-3-2;;/h2-5H,1H3;1,3H2,2H3;1H;. The molecule has 1 aromatic carbocycles. The highest BCUT2D eigenvalue weighted by Gasteiger charge is 2.02. The molecule has 0 saturated heterocycles. The van der Waals surface area contributed by atoms with Crippen molar-refractivity contribution in [3.63, 3.8) is 0 Å². The molecule has 0 N–H and O–H groups in total. The van der Waals surface area contributed by atoms with Gasteiger partial charge in [-0.1, -0.05) is 31.5 Å². The van der Waals surface area contributed by atoms with Gasteiger partial charge in [0.1, 0.15) is 0 Å². The number of ether oxygens (including phenoxy) is 1. The summed E-state index contributed by atoms with van der Waals surface area (Å²) in [6.07, 6.45) is 1.30. The molecular formula is C10H15BrMgO. The summed E-state index contributed by atoms with van der Waals surface area (Å²) in [5.74, 6) is 1.08. The van der Waals surface area contributed by atoms with E-state index in [4.69, 9.17) is 4.74 Å². The van der Waals surface area contributed by atoms with Crippen LogP contribution in [-0.4, -0.2) is 27.5 Å².